The molecule has 1 aliphatic heterocycles. The van der Waals surface area contributed by atoms with Crippen LogP contribution in [0.4, 0.5) is 5.69 Å². The molecule has 8 nitrogen and oxygen atoms in total. The fraction of sp³-hybridized carbons (Fsp3) is 0.462. The zero-order chi connectivity index (χ0) is 25.0. The average Bonchev–Trinajstić information content (AvgIpc) is 3.32. The number of hydrogen-bond acceptors (Lipinski definition) is 6. The zero-order valence-electron chi connectivity index (χ0n) is 20.5. The van der Waals surface area contributed by atoms with E-state index in [4.69, 9.17) is 14.6 Å². The maximum Gasteiger partial charge on any atom is 0.243 e. The summed E-state index contributed by atoms with van der Waals surface area (Å²) in [6.45, 7) is 2.31. The summed E-state index contributed by atoms with van der Waals surface area (Å²) in [5.41, 5.74) is 2.99. The molecule has 0 saturated heterocycles. The second kappa shape index (κ2) is 10.7. The van der Waals surface area contributed by atoms with Crippen molar-refractivity contribution >= 4 is 27.3 Å². The lowest BCUT2D eigenvalue weighted by atomic mass is 9.89. The number of nitrogens with one attached hydrogen (secondary N) is 1. The normalized spacial score (nSPS) is 18.9. The first kappa shape index (κ1) is 25.0. The molecule has 2 aliphatic rings. The maximum atomic E-state index is 12.9. The Kier molecular flexibility index (Phi) is 7.64. The molecule has 2 aromatic carbocycles. The molecule has 1 atom stereocenters. The fourth-order valence-electron chi connectivity index (χ4n) is 4.67. The number of hydrazone groups is 1. The lowest BCUT2D eigenvalue weighted by Gasteiger charge is -2.29. The average molecular weight is 500 g/mol. The standard InChI is InChI=1S/C26H33N3O5S/c1-4-19-16-25(30)29(17-18-8-7-9-21(14-18)28-35(3,31)32)27-26(19)20-12-13-23(33-2)24(15-20)34-22-10-5-6-11-22/h7-9,12-15,19,22,28H,4-6,10-11,16-17H2,1-3H3. The van der Waals surface area contributed by atoms with Crippen LogP contribution in [0.2, 0.25) is 0 Å². The van der Waals surface area contributed by atoms with E-state index in [2.05, 4.69) is 11.6 Å². The van der Waals surface area contributed by atoms with Crippen LogP contribution in [0.1, 0.15) is 56.6 Å². The molecule has 35 heavy (non-hydrogen) atoms. The van der Waals surface area contributed by atoms with E-state index in [9.17, 15) is 13.2 Å². The van der Waals surface area contributed by atoms with Crippen LogP contribution >= 0.6 is 0 Å². The summed E-state index contributed by atoms with van der Waals surface area (Å²) >= 11 is 0. The second-order valence-electron chi connectivity index (χ2n) is 9.21. The maximum absolute atomic E-state index is 12.9. The summed E-state index contributed by atoms with van der Waals surface area (Å²) in [6, 6.07) is 12.8. The van der Waals surface area contributed by atoms with Crippen molar-refractivity contribution in [2.75, 3.05) is 18.1 Å². The van der Waals surface area contributed by atoms with Crippen molar-refractivity contribution in [3.63, 3.8) is 0 Å². The molecule has 0 aromatic heterocycles. The van der Waals surface area contributed by atoms with E-state index in [0.717, 1.165) is 42.4 Å². The van der Waals surface area contributed by atoms with Gasteiger partial charge in [-0.2, -0.15) is 5.10 Å². The van der Waals surface area contributed by atoms with Gasteiger partial charge in [-0.3, -0.25) is 9.52 Å². The van der Waals surface area contributed by atoms with Crippen LogP contribution in [0.5, 0.6) is 11.5 Å². The number of nitrogens with zero attached hydrogens (tertiary/aromatic N) is 2. The Morgan fingerprint density at radius 1 is 1.11 bits per heavy atom. The molecule has 0 spiro atoms. The van der Waals surface area contributed by atoms with Crippen molar-refractivity contribution in [3.8, 4) is 11.5 Å². The van der Waals surface area contributed by atoms with Crippen LogP contribution in [-0.2, 0) is 21.4 Å². The smallest absolute Gasteiger partial charge is 0.243 e. The monoisotopic (exact) mass is 499 g/mol. The van der Waals surface area contributed by atoms with Gasteiger partial charge in [-0.15, -0.1) is 0 Å². The highest BCUT2D eigenvalue weighted by Crippen LogP contribution is 2.34. The summed E-state index contributed by atoms with van der Waals surface area (Å²) in [7, 11) is -1.76. The van der Waals surface area contributed by atoms with Crippen LogP contribution in [0.25, 0.3) is 0 Å². The van der Waals surface area contributed by atoms with Gasteiger partial charge in [0.25, 0.3) is 0 Å². The van der Waals surface area contributed by atoms with Gasteiger partial charge in [0.1, 0.15) is 0 Å². The van der Waals surface area contributed by atoms with E-state index in [1.807, 2.05) is 24.3 Å². The van der Waals surface area contributed by atoms with Gasteiger partial charge in [-0.1, -0.05) is 19.1 Å². The number of carbonyl (C=O) groups excluding carboxylic acids is 1. The molecule has 1 aliphatic carbocycles. The largest absolute Gasteiger partial charge is 0.493 e. The molecule has 4 rings (SSSR count). The third-order valence-corrected chi connectivity index (χ3v) is 7.04. The Bertz CT molecular complexity index is 1210. The van der Waals surface area contributed by atoms with E-state index in [0.29, 0.717) is 23.6 Å². The first-order valence-corrected chi connectivity index (χ1v) is 14.0. The molecular weight excluding hydrogens is 466 g/mol. The minimum absolute atomic E-state index is 0.00436. The van der Waals surface area contributed by atoms with Crippen LogP contribution in [-0.4, -0.2) is 44.5 Å². The van der Waals surface area contributed by atoms with Crippen molar-refractivity contribution in [2.24, 2.45) is 11.0 Å². The Labute approximate surface area is 207 Å². The molecule has 1 N–H and O–H groups in total. The van der Waals surface area contributed by atoms with Gasteiger partial charge < -0.3 is 9.47 Å². The van der Waals surface area contributed by atoms with Crippen molar-refractivity contribution < 1.29 is 22.7 Å². The van der Waals surface area contributed by atoms with Crippen LogP contribution in [0, 0.1) is 5.92 Å². The number of amides is 1. The van der Waals surface area contributed by atoms with E-state index in [1.165, 1.54) is 17.9 Å². The predicted molar refractivity (Wildman–Crippen MR) is 136 cm³/mol. The molecule has 188 valence electrons. The van der Waals surface area contributed by atoms with Crippen LogP contribution in [0.15, 0.2) is 47.6 Å². The van der Waals surface area contributed by atoms with Crippen molar-refractivity contribution in [1.82, 2.24) is 5.01 Å². The van der Waals surface area contributed by atoms with Crippen molar-refractivity contribution in [2.45, 2.75) is 58.1 Å². The van der Waals surface area contributed by atoms with E-state index >= 15 is 0 Å². The minimum atomic E-state index is -3.39. The third kappa shape index (κ3) is 6.33. The molecule has 0 bridgehead atoms. The molecule has 2 aromatic rings. The lowest BCUT2D eigenvalue weighted by molar-refractivity contribution is -0.133. The van der Waals surface area contributed by atoms with Gasteiger partial charge in [-0.05, 0) is 68.0 Å². The Hall–Kier alpha value is -3.07. The quantitative estimate of drug-likeness (QED) is 0.546. The van der Waals surface area contributed by atoms with Crippen LogP contribution in [0.3, 0.4) is 0 Å². The van der Waals surface area contributed by atoms with Gasteiger partial charge in [0.05, 0.1) is 31.7 Å². The van der Waals surface area contributed by atoms with Gasteiger partial charge in [0.2, 0.25) is 15.9 Å². The highest BCUT2D eigenvalue weighted by atomic mass is 32.2. The molecule has 1 fully saturated rings. The van der Waals surface area contributed by atoms with Gasteiger partial charge in [0.15, 0.2) is 11.5 Å². The molecular formula is C26H33N3O5S. The molecule has 1 amide bonds. The summed E-state index contributed by atoms with van der Waals surface area (Å²) in [5, 5.41) is 6.25. The number of sulfonamides is 1. The SMILES string of the molecule is CCC1CC(=O)N(Cc2cccc(NS(C)(=O)=O)c2)N=C1c1ccc(OC)c(OC2CCCC2)c1. The molecule has 1 saturated carbocycles. The summed E-state index contributed by atoms with van der Waals surface area (Å²) in [5.74, 6) is 1.34. The predicted octanol–water partition coefficient (Wildman–Crippen LogP) is 4.55. The van der Waals surface area contributed by atoms with Crippen LogP contribution < -0.4 is 14.2 Å². The Balaban J connectivity index is 1.62. The number of carbonyl (C=O) groups is 1. The highest BCUT2D eigenvalue weighted by molar-refractivity contribution is 7.92. The van der Waals surface area contributed by atoms with Gasteiger partial charge >= 0.3 is 0 Å². The Morgan fingerprint density at radius 3 is 2.57 bits per heavy atom. The lowest BCUT2D eigenvalue weighted by Crippen LogP contribution is -2.36. The zero-order valence-corrected chi connectivity index (χ0v) is 21.3. The number of benzene rings is 2. The topological polar surface area (TPSA) is 97.3 Å². The number of anilines is 1. The van der Waals surface area contributed by atoms with E-state index in [-0.39, 0.29) is 24.5 Å². The van der Waals surface area contributed by atoms with Crippen molar-refractivity contribution in [3.05, 3.63) is 53.6 Å². The van der Waals surface area contributed by atoms with Gasteiger partial charge in [-0.25, -0.2) is 13.4 Å². The van der Waals surface area contributed by atoms with E-state index in [1.54, 1.807) is 25.3 Å². The summed E-state index contributed by atoms with van der Waals surface area (Å²) in [4.78, 5) is 12.9. The number of methoxy groups -OCH3 is 1. The molecule has 1 unspecified atom stereocenters. The molecule has 9 heteroatoms. The van der Waals surface area contributed by atoms with Crippen molar-refractivity contribution in [1.29, 1.82) is 0 Å². The second-order valence-corrected chi connectivity index (χ2v) is 11.0. The van der Waals surface area contributed by atoms with E-state index < -0.39 is 10.0 Å². The first-order chi connectivity index (χ1) is 16.8. The fourth-order valence-corrected chi connectivity index (χ4v) is 5.22. The third-order valence-electron chi connectivity index (χ3n) is 6.43. The number of rotatable bonds is 9. The van der Waals surface area contributed by atoms with Gasteiger partial charge in [0, 0.05) is 23.6 Å². The molecule has 1 heterocycles. The first-order valence-electron chi connectivity index (χ1n) is 12.1. The Morgan fingerprint density at radius 2 is 1.89 bits per heavy atom. The molecule has 0 radical (unpaired) electrons. The summed E-state index contributed by atoms with van der Waals surface area (Å²) < 4.78 is 37.5. The number of hydrogen-bond donors (Lipinski definition) is 1. The summed E-state index contributed by atoms with van der Waals surface area (Å²) in [6.07, 6.45) is 6.89. The minimum Gasteiger partial charge on any atom is -0.493 e. The highest BCUT2D eigenvalue weighted by Gasteiger charge is 2.30. The number of ether oxygens (including phenoxy) is 2.